The lowest BCUT2D eigenvalue weighted by Crippen LogP contribution is -2.45. The fourth-order valence-electron chi connectivity index (χ4n) is 2.63. The maximum Gasteiger partial charge on any atom is 0.274 e. The minimum Gasteiger partial charge on any atom is -0.314 e. The van der Waals surface area contributed by atoms with Crippen LogP contribution in [0.5, 0.6) is 0 Å². The van der Waals surface area contributed by atoms with Gasteiger partial charge in [0.25, 0.3) is 5.69 Å². The third kappa shape index (κ3) is 3.23. The van der Waals surface area contributed by atoms with Gasteiger partial charge in [0.2, 0.25) is 0 Å². The van der Waals surface area contributed by atoms with E-state index in [-0.39, 0.29) is 16.7 Å². The first-order valence-corrected chi connectivity index (χ1v) is 6.90. The average Bonchev–Trinajstić information content (AvgIpc) is 2.40. The molecule has 1 heterocycles. The standard InChI is InChI=1S/C13H18ClN3O2/c1-2-12(16-7-5-15-6-8-16)11-9-10(14)3-4-13(11)17(18)19/h3-4,9,12,15H,2,5-8H2,1H3/t12-/m1/s1. The summed E-state index contributed by atoms with van der Waals surface area (Å²) < 4.78 is 0. The van der Waals surface area contributed by atoms with Gasteiger partial charge in [0.1, 0.15) is 0 Å². The highest BCUT2D eigenvalue weighted by Crippen LogP contribution is 2.33. The lowest BCUT2D eigenvalue weighted by molar-refractivity contribution is -0.386. The number of rotatable bonds is 4. The third-order valence-corrected chi connectivity index (χ3v) is 3.76. The molecule has 0 saturated carbocycles. The summed E-state index contributed by atoms with van der Waals surface area (Å²) in [7, 11) is 0. The maximum atomic E-state index is 11.2. The molecule has 0 radical (unpaired) electrons. The van der Waals surface area contributed by atoms with Crippen molar-refractivity contribution in [3.05, 3.63) is 38.9 Å². The van der Waals surface area contributed by atoms with Crippen LogP contribution in [0.4, 0.5) is 5.69 Å². The number of benzene rings is 1. The van der Waals surface area contributed by atoms with E-state index in [1.165, 1.54) is 6.07 Å². The Morgan fingerprint density at radius 1 is 1.47 bits per heavy atom. The summed E-state index contributed by atoms with van der Waals surface area (Å²) in [6.45, 7) is 5.71. The van der Waals surface area contributed by atoms with Crippen molar-refractivity contribution in [1.82, 2.24) is 10.2 Å². The Kier molecular flexibility index (Phi) is 4.74. The number of nitrogens with zero attached hydrogens (tertiary/aromatic N) is 2. The van der Waals surface area contributed by atoms with Crippen molar-refractivity contribution in [2.24, 2.45) is 0 Å². The van der Waals surface area contributed by atoms with Gasteiger partial charge >= 0.3 is 0 Å². The van der Waals surface area contributed by atoms with E-state index in [1.54, 1.807) is 12.1 Å². The van der Waals surface area contributed by atoms with Crippen molar-refractivity contribution in [3.8, 4) is 0 Å². The summed E-state index contributed by atoms with van der Waals surface area (Å²) in [5.74, 6) is 0. The Morgan fingerprint density at radius 2 is 2.16 bits per heavy atom. The first-order chi connectivity index (χ1) is 9.13. The normalized spacial score (nSPS) is 18.2. The molecule has 1 saturated heterocycles. The highest BCUT2D eigenvalue weighted by atomic mass is 35.5. The molecule has 1 aliphatic heterocycles. The van der Waals surface area contributed by atoms with Gasteiger partial charge in [-0.1, -0.05) is 18.5 Å². The van der Waals surface area contributed by atoms with Crippen LogP contribution in [0.25, 0.3) is 0 Å². The van der Waals surface area contributed by atoms with Gasteiger partial charge in [-0.2, -0.15) is 0 Å². The Labute approximate surface area is 117 Å². The van der Waals surface area contributed by atoms with Crippen molar-refractivity contribution < 1.29 is 4.92 Å². The Bertz CT molecular complexity index is 461. The molecule has 1 atom stereocenters. The minimum atomic E-state index is -0.323. The van der Waals surface area contributed by atoms with Gasteiger partial charge in [0, 0.05) is 48.9 Å². The summed E-state index contributed by atoms with van der Waals surface area (Å²) in [4.78, 5) is 13.1. The smallest absolute Gasteiger partial charge is 0.274 e. The van der Waals surface area contributed by atoms with Crippen LogP contribution in [-0.2, 0) is 0 Å². The molecule has 1 fully saturated rings. The first kappa shape index (κ1) is 14.2. The van der Waals surface area contributed by atoms with E-state index in [9.17, 15) is 10.1 Å². The number of nitrogens with one attached hydrogen (secondary N) is 1. The fourth-order valence-corrected chi connectivity index (χ4v) is 2.81. The van der Waals surface area contributed by atoms with Gasteiger partial charge in [0.15, 0.2) is 0 Å². The number of hydrogen-bond donors (Lipinski definition) is 1. The highest BCUT2D eigenvalue weighted by molar-refractivity contribution is 6.30. The van der Waals surface area contributed by atoms with E-state index in [4.69, 9.17) is 11.6 Å². The molecule has 2 rings (SSSR count). The number of halogens is 1. The van der Waals surface area contributed by atoms with Gasteiger partial charge in [-0.25, -0.2) is 0 Å². The Balaban J connectivity index is 2.35. The van der Waals surface area contributed by atoms with Gasteiger partial charge < -0.3 is 5.32 Å². The molecule has 0 bridgehead atoms. The van der Waals surface area contributed by atoms with Crippen molar-refractivity contribution in [2.75, 3.05) is 26.2 Å². The second kappa shape index (κ2) is 6.32. The van der Waals surface area contributed by atoms with Crippen molar-refractivity contribution in [2.45, 2.75) is 19.4 Å². The van der Waals surface area contributed by atoms with E-state index in [0.717, 1.165) is 38.2 Å². The molecule has 0 spiro atoms. The van der Waals surface area contributed by atoms with E-state index in [2.05, 4.69) is 17.1 Å². The second-order valence-electron chi connectivity index (χ2n) is 4.67. The molecule has 0 unspecified atom stereocenters. The van der Waals surface area contributed by atoms with E-state index in [1.807, 2.05) is 0 Å². The third-order valence-electron chi connectivity index (χ3n) is 3.52. The molecule has 0 aromatic heterocycles. The van der Waals surface area contributed by atoms with Crippen molar-refractivity contribution in [1.29, 1.82) is 0 Å². The molecule has 104 valence electrons. The summed E-state index contributed by atoms with van der Waals surface area (Å²) in [6.07, 6.45) is 0.835. The molecule has 19 heavy (non-hydrogen) atoms. The van der Waals surface area contributed by atoms with Crippen LogP contribution in [0.2, 0.25) is 5.02 Å². The monoisotopic (exact) mass is 283 g/mol. The molecule has 1 aromatic carbocycles. The summed E-state index contributed by atoms with van der Waals surface area (Å²) in [6, 6.07) is 4.87. The van der Waals surface area contributed by atoms with Crippen LogP contribution in [0.1, 0.15) is 24.9 Å². The van der Waals surface area contributed by atoms with E-state index < -0.39 is 0 Å². The fraction of sp³-hybridized carbons (Fsp3) is 0.538. The summed E-state index contributed by atoms with van der Waals surface area (Å²) >= 11 is 6.01. The lowest BCUT2D eigenvalue weighted by atomic mass is 10.00. The number of hydrogen-bond acceptors (Lipinski definition) is 4. The zero-order valence-corrected chi connectivity index (χ0v) is 11.7. The number of piperazine rings is 1. The Hall–Kier alpha value is -1.17. The van der Waals surface area contributed by atoms with Crippen LogP contribution in [-0.4, -0.2) is 36.0 Å². The Morgan fingerprint density at radius 3 is 2.74 bits per heavy atom. The second-order valence-corrected chi connectivity index (χ2v) is 5.11. The van der Waals surface area contributed by atoms with Gasteiger partial charge in [-0.15, -0.1) is 0 Å². The number of nitro groups is 1. The summed E-state index contributed by atoms with van der Waals surface area (Å²) in [5.41, 5.74) is 0.886. The maximum absolute atomic E-state index is 11.2. The SMILES string of the molecule is CC[C@H](c1cc(Cl)ccc1[N+](=O)[O-])N1CCNCC1. The van der Waals surface area contributed by atoms with Crippen LogP contribution in [0.15, 0.2) is 18.2 Å². The summed E-state index contributed by atoms with van der Waals surface area (Å²) in [5, 5.41) is 15.0. The first-order valence-electron chi connectivity index (χ1n) is 6.52. The minimum absolute atomic E-state index is 0.0567. The molecular formula is C13H18ClN3O2. The van der Waals surface area contributed by atoms with E-state index in [0.29, 0.717) is 5.02 Å². The quantitative estimate of drug-likeness (QED) is 0.682. The molecule has 5 nitrogen and oxygen atoms in total. The zero-order valence-electron chi connectivity index (χ0n) is 10.9. The van der Waals surface area contributed by atoms with Crippen molar-refractivity contribution in [3.63, 3.8) is 0 Å². The molecule has 1 aliphatic rings. The molecule has 1 aromatic rings. The molecule has 6 heteroatoms. The van der Waals surface area contributed by atoms with E-state index >= 15 is 0 Å². The molecule has 1 N–H and O–H groups in total. The van der Waals surface area contributed by atoms with Gasteiger partial charge in [0.05, 0.1) is 4.92 Å². The predicted octanol–water partition coefficient (Wildman–Crippen LogP) is 2.60. The van der Waals surface area contributed by atoms with Crippen LogP contribution >= 0.6 is 11.6 Å². The number of nitro benzene ring substituents is 1. The highest BCUT2D eigenvalue weighted by Gasteiger charge is 2.27. The topological polar surface area (TPSA) is 58.4 Å². The van der Waals surface area contributed by atoms with Crippen LogP contribution in [0, 0.1) is 10.1 Å². The molecule has 0 aliphatic carbocycles. The lowest BCUT2D eigenvalue weighted by Gasteiger charge is -2.34. The van der Waals surface area contributed by atoms with Gasteiger partial charge in [-0.05, 0) is 18.6 Å². The van der Waals surface area contributed by atoms with Crippen molar-refractivity contribution >= 4 is 17.3 Å². The molecule has 0 amide bonds. The largest absolute Gasteiger partial charge is 0.314 e. The average molecular weight is 284 g/mol. The zero-order chi connectivity index (χ0) is 13.8. The van der Waals surface area contributed by atoms with Crippen LogP contribution < -0.4 is 5.32 Å². The molecular weight excluding hydrogens is 266 g/mol. The van der Waals surface area contributed by atoms with Crippen LogP contribution in [0.3, 0.4) is 0 Å². The predicted molar refractivity (Wildman–Crippen MR) is 75.6 cm³/mol. The van der Waals surface area contributed by atoms with Gasteiger partial charge in [-0.3, -0.25) is 15.0 Å².